The molecule has 0 spiro atoms. The monoisotopic (exact) mass is 349 g/mol. The maximum atomic E-state index is 13.0. The van der Waals surface area contributed by atoms with Crippen molar-refractivity contribution in [1.29, 1.82) is 0 Å². The molecule has 0 aliphatic rings. The third-order valence-electron chi connectivity index (χ3n) is 3.86. The van der Waals surface area contributed by atoms with Gasteiger partial charge in [0.25, 0.3) is 0 Å². The Kier molecular flexibility index (Phi) is 3.99. The second-order valence-corrected chi connectivity index (χ2v) is 6.91. The molecule has 124 valence electrons. The van der Waals surface area contributed by atoms with Gasteiger partial charge in [-0.05, 0) is 35.4 Å². The Morgan fingerprint density at radius 2 is 1.76 bits per heavy atom. The summed E-state index contributed by atoms with van der Waals surface area (Å²) < 4.78 is 14.7. The molecular formula is C18H15N5OS. The number of benzene rings is 1. The first-order valence-electron chi connectivity index (χ1n) is 7.71. The smallest absolute Gasteiger partial charge is 0.219 e. The Bertz CT molecular complexity index is 1040. The lowest BCUT2D eigenvalue weighted by molar-refractivity contribution is 0.678. The first-order chi connectivity index (χ1) is 12.2. The van der Waals surface area contributed by atoms with Crippen LogP contribution in [0.1, 0.15) is 11.1 Å². The van der Waals surface area contributed by atoms with E-state index in [1.807, 2.05) is 48.7 Å². The van der Waals surface area contributed by atoms with E-state index in [9.17, 15) is 4.21 Å². The van der Waals surface area contributed by atoms with Gasteiger partial charge in [-0.15, -0.1) is 0 Å². The van der Waals surface area contributed by atoms with Crippen LogP contribution in [0.3, 0.4) is 0 Å². The summed E-state index contributed by atoms with van der Waals surface area (Å²) in [6.45, 7) is 0. The molecule has 1 aromatic carbocycles. The van der Waals surface area contributed by atoms with E-state index in [-0.39, 0.29) is 5.95 Å². The third-order valence-corrected chi connectivity index (χ3v) is 5.17. The van der Waals surface area contributed by atoms with E-state index in [1.54, 1.807) is 22.6 Å². The summed E-state index contributed by atoms with van der Waals surface area (Å²) in [6.07, 6.45) is 7.61. The highest BCUT2D eigenvalue weighted by atomic mass is 32.2. The predicted octanol–water partition coefficient (Wildman–Crippen LogP) is 2.57. The molecule has 3 heterocycles. The van der Waals surface area contributed by atoms with Gasteiger partial charge in [0.05, 0.1) is 4.90 Å². The van der Waals surface area contributed by atoms with Crippen LogP contribution in [-0.2, 0) is 17.4 Å². The molecule has 4 aromatic rings. The summed E-state index contributed by atoms with van der Waals surface area (Å²) >= 11 is 0. The topological polar surface area (TPSA) is 86.7 Å². The van der Waals surface area contributed by atoms with Gasteiger partial charge in [0.15, 0.2) is 16.6 Å². The molecule has 0 aliphatic heterocycles. The van der Waals surface area contributed by atoms with Gasteiger partial charge in [0, 0.05) is 36.6 Å². The average Bonchev–Trinajstić information content (AvgIpc) is 3.02. The second kappa shape index (κ2) is 6.45. The lowest BCUT2D eigenvalue weighted by Gasteiger charge is -2.03. The standard InChI is InChI=1S/C18H15N5OS/c19-18-21-10-13(11-22-18)9-14-12-23(17-16(14)7-4-8-20-17)25(24)15-5-2-1-3-6-15/h1-8,10-12H,9H2,(H2,19,21,22). The molecule has 6 nitrogen and oxygen atoms in total. The normalized spacial score (nSPS) is 12.3. The number of fused-ring (bicyclic) bond motifs is 1. The van der Waals surface area contributed by atoms with Crippen LogP contribution in [0.4, 0.5) is 5.95 Å². The molecule has 1 atom stereocenters. The number of nitrogen functional groups attached to an aromatic ring is 1. The SMILES string of the molecule is Nc1ncc(Cc2cn(S(=O)c3ccccc3)c3ncccc23)cn1. The van der Waals surface area contributed by atoms with E-state index in [0.29, 0.717) is 12.1 Å². The Labute approximate surface area is 147 Å². The summed E-state index contributed by atoms with van der Waals surface area (Å²) in [7, 11) is -1.36. The van der Waals surface area contributed by atoms with E-state index in [1.165, 1.54) is 0 Å². The van der Waals surface area contributed by atoms with Gasteiger partial charge >= 0.3 is 0 Å². The number of nitrogens with zero attached hydrogens (tertiary/aromatic N) is 4. The van der Waals surface area contributed by atoms with Gasteiger partial charge in [-0.2, -0.15) is 0 Å². The van der Waals surface area contributed by atoms with Crippen molar-refractivity contribution in [3.05, 3.63) is 78.4 Å². The zero-order valence-corrected chi connectivity index (χ0v) is 14.1. The van der Waals surface area contributed by atoms with Gasteiger partial charge in [0.2, 0.25) is 5.95 Å². The zero-order chi connectivity index (χ0) is 17.2. The quantitative estimate of drug-likeness (QED) is 0.612. The number of anilines is 1. The molecule has 0 bridgehead atoms. The molecule has 0 saturated carbocycles. The second-order valence-electron chi connectivity index (χ2n) is 5.54. The summed E-state index contributed by atoms with van der Waals surface area (Å²) in [5, 5.41) is 0.962. The van der Waals surface area contributed by atoms with E-state index in [4.69, 9.17) is 5.73 Å². The van der Waals surface area contributed by atoms with Gasteiger partial charge in [-0.3, -0.25) is 0 Å². The molecule has 0 radical (unpaired) electrons. The van der Waals surface area contributed by atoms with E-state index in [0.717, 1.165) is 21.4 Å². The summed E-state index contributed by atoms with van der Waals surface area (Å²) in [6, 6.07) is 13.2. The minimum Gasteiger partial charge on any atom is -0.368 e. The predicted molar refractivity (Wildman–Crippen MR) is 97.2 cm³/mol. The summed E-state index contributed by atoms with van der Waals surface area (Å²) in [4.78, 5) is 13.2. The van der Waals surface area contributed by atoms with Crippen LogP contribution in [0.5, 0.6) is 0 Å². The first-order valence-corrected chi connectivity index (χ1v) is 8.82. The molecule has 7 heteroatoms. The average molecular weight is 349 g/mol. The van der Waals surface area contributed by atoms with Crippen LogP contribution in [0.2, 0.25) is 0 Å². The lowest BCUT2D eigenvalue weighted by Crippen LogP contribution is -2.04. The minimum absolute atomic E-state index is 0.248. The Morgan fingerprint density at radius 3 is 2.52 bits per heavy atom. The molecule has 0 fully saturated rings. The minimum atomic E-state index is -1.36. The van der Waals surface area contributed by atoms with Crippen LogP contribution < -0.4 is 5.73 Å². The fraction of sp³-hybridized carbons (Fsp3) is 0.0556. The van der Waals surface area contributed by atoms with Crippen LogP contribution in [0, 0.1) is 0 Å². The van der Waals surface area contributed by atoms with Gasteiger partial charge in [-0.1, -0.05) is 18.2 Å². The van der Waals surface area contributed by atoms with Gasteiger partial charge < -0.3 is 5.73 Å². The summed E-state index contributed by atoms with van der Waals surface area (Å²) in [5.74, 6) is 0.248. The summed E-state index contributed by atoms with van der Waals surface area (Å²) in [5.41, 5.74) is 8.18. The molecule has 0 amide bonds. The Balaban J connectivity index is 1.79. The van der Waals surface area contributed by atoms with Crippen LogP contribution in [0.15, 0.2) is 72.1 Å². The highest BCUT2D eigenvalue weighted by Gasteiger charge is 2.15. The maximum Gasteiger partial charge on any atom is 0.219 e. The first kappa shape index (κ1) is 15.5. The zero-order valence-electron chi connectivity index (χ0n) is 13.2. The highest BCUT2D eigenvalue weighted by molar-refractivity contribution is 7.83. The fourth-order valence-corrected chi connectivity index (χ4v) is 3.83. The molecule has 0 aliphatic carbocycles. The van der Waals surface area contributed by atoms with Crippen LogP contribution >= 0.6 is 0 Å². The van der Waals surface area contributed by atoms with E-state index in [2.05, 4.69) is 15.0 Å². The number of pyridine rings is 1. The largest absolute Gasteiger partial charge is 0.368 e. The molecule has 2 N–H and O–H groups in total. The number of nitrogens with two attached hydrogens (primary N) is 1. The van der Waals surface area contributed by atoms with Crippen molar-refractivity contribution in [3.8, 4) is 0 Å². The van der Waals surface area contributed by atoms with E-state index < -0.39 is 11.0 Å². The van der Waals surface area contributed by atoms with E-state index >= 15 is 0 Å². The number of hydrogen-bond donors (Lipinski definition) is 1. The highest BCUT2D eigenvalue weighted by Crippen LogP contribution is 2.24. The van der Waals surface area contributed by atoms with Gasteiger partial charge in [-0.25, -0.2) is 23.1 Å². The lowest BCUT2D eigenvalue weighted by atomic mass is 10.1. The third kappa shape index (κ3) is 3.01. The number of rotatable bonds is 4. The van der Waals surface area contributed by atoms with Crippen LogP contribution in [-0.4, -0.2) is 23.1 Å². The Hall–Kier alpha value is -3.06. The van der Waals surface area contributed by atoms with Crippen molar-refractivity contribution < 1.29 is 4.21 Å². The molecule has 1 unspecified atom stereocenters. The van der Waals surface area contributed by atoms with Crippen molar-refractivity contribution in [2.75, 3.05) is 5.73 Å². The fourth-order valence-electron chi connectivity index (χ4n) is 2.69. The number of aromatic nitrogens is 4. The van der Waals surface area contributed by atoms with Crippen molar-refractivity contribution in [2.24, 2.45) is 0 Å². The van der Waals surface area contributed by atoms with Crippen LogP contribution in [0.25, 0.3) is 11.0 Å². The molecule has 3 aromatic heterocycles. The van der Waals surface area contributed by atoms with Gasteiger partial charge in [0.1, 0.15) is 0 Å². The molecule has 0 saturated heterocycles. The van der Waals surface area contributed by atoms with Crippen molar-refractivity contribution >= 4 is 28.0 Å². The van der Waals surface area contributed by atoms with Crippen molar-refractivity contribution in [2.45, 2.75) is 11.3 Å². The van der Waals surface area contributed by atoms with Crippen molar-refractivity contribution in [1.82, 2.24) is 18.9 Å². The molecule has 4 rings (SSSR count). The molecular weight excluding hydrogens is 334 g/mol. The molecule has 25 heavy (non-hydrogen) atoms. The Morgan fingerprint density at radius 1 is 1.00 bits per heavy atom. The van der Waals surface area contributed by atoms with Crippen molar-refractivity contribution in [3.63, 3.8) is 0 Å². The maximum absolute atomic E-state index is 13.0. The number of hydrogen-bond acceptors (Lipinski definition) is 5.